The van der Waals surface area contributed by atoms with Crippen molar-refractivity contribution in [3.8, 4) is 0 Å². The van der Waals surface area contributed by atoms with Gasteiger partial charge in [-0.25, -0.2) is 4.98 Å². The van der Waals surface area contributed by atoms with Gasteiger partial charge in [0.05, 0.1) is 0 Å². The van der Waals surface area contributed by atoms with Crippen LogP contribution in [0.3, 0.4) is 0 Å². The molecule has 0 bridgehead atoms. The number of nitrogens with zero attached hydrogens (tertiary/aromatic N) is 2. The summed E-state index contributed by atoms with van der Waals surface area (Å²) in [6.07, 6.45) is 6.49. The first-order valence-electron chi connectivity index (χ1n) is 6.83. The summed E-state index contributed by atoms with van der Waals surface area (Å²) in [6, 6.07) is 4.73. The molecule has 0 aromatic carbocycles. The van der Waals surface area contributed by atoms with E-state index >= 15 is 0 Å². The van der Waals surface area contributed by atoms with Crippen molar-refractivity contribution in [3.63, 3.8) is 0 Å². The maximum absolute atomic E-state index is 9.05. The Morgan fingerprint density at radius 1 is 1.50 bits per heavy atom. The van der Waals surface area contributed by atoms with Gasteiger partial charge in [0, 0.05) is 37.5 Å². The summed E-state index contributed by atoms with van der Waals surface area (Å²) in [4.78, 5) is 6.94. The van der Waals surface area contributed by atoms with Crippen molar-refractivity contribution in [2.24, 2.45) is 0 Å². The van der Waals surface area contributed by atoms with Gasteiger partial charge in [0.15, 0.2) is 0 Å². The van der Waals surface area contributed by atoms with Gasteiger partial charge in [-0.05, 0) is 38.8 Å². The van der Waals surface area contributed by atoms with Crippen LogP contribution in [0.2, 0.25) is 0 Å². The lowest BCUT2D eigenvalue weighted by molar-refractivity contribution is 0.282. The number of anilines is 1. The lowest BCUT2D eigenvalue weighted by atomic mass is 9.91. The third kappa shape index (κ3) is 3.00. The first-order valence-corrected chi connectivity index (χ1v) is 6.83. The Balaban J connectivity index is 2.17. The zero-order valence-electron chi connectivity index (χ0n) is 11.1. The number of aromatic nitrogens is 1. The fourth-order valence-electron chi connectivity index (χ4n) is 2.42. The minimum Gasteiger partial charge on any atom is -0.396 e. The summed E-state index contributed by atoms with van der Waals surface area (Å²) in [5.41, 5.74) is 1.24. The van der Waals surface area contributed by atoms with Crippen molar-refractivity contribution in [3.05, 3.63) is 23.9 Å². The van der Waals surface area contributed by atoms with Gasteiger partial charge >= 0.3 is 0 Å². The van der Waals surface area contributed by atoms with E-state index in [2.05, 4.69) is 21.3 Å². The maximum Gasteiger partial charge on any atom is 0.133 e. The van der Waals surface area contributed by atoms with E-state index in [1.807, 2.05) is 19.3 Å². The molecule has 0 amide bonds. The molecule has 1 saturated carbocycles. The molecule has 1 aliphatic carbocycles. The Hall–Kier alpha value is -1.13. The number of pyridine rings is 1. The van der Waals surface area contributed by atoms with E-state index in [0.717, 1.165) is 25.3 Å². The molecule has 0 atom stereocenters. The first-order chi connectivity index (χ1) is 8.86. The molecule has 4 nitrogen and oxygen atoms in total. The van der Waals surface area contributed by atoms with Crippen LogP contribution in [0.1, 0.15) is 31.2 Å². The van der Waals surface area contributed by atoms with Gasteiger partial charge < -0.3 is 15.3 Å². The molecule has 0 radical (unpaired) electrons. The molecule has 2 N–H and O–H groups in total. The summed E-state index contributed by atoms with van der Waals surface area (Å²) >= 11 is 0. The van der Waals surface area contributed by atoms with Gasteiger partial charge in [-0.2, -0.15) is 0 Å². The van der Waals surface area contributed by atoms with Gasteiger partial charge in [-0.15, -0.1) is 0 Å². The monoisotopic (exact) mass is 249 g/mol. The van der Waals surface area contributed by atoms with Crippen molar-refractivity contribution < 1.29 is 5.11 Å². The van der Waals surface area contributed by atoms with Crippen molar-refractivity contribution in [2.45, 2.75) is 38.3 Å². The second kappa shape index (κ2) is 6.71. The molecular weight excluding hydrogens is 226 g/mol. The van der Waals surface area contributed by atoms with Crippen LogP contribution in [0.4, 0.5) is 5.82 Å². The maximum atomic E-state index is 9.05. The lowest BCUT2D eigenvalue weighted by Gasteiger charge is -2.39. The van der Waals surface area contributed by atoms with E-state index in [9.17, 15) is 0 Å². The number of hydrogen-bond acceptors (Lipinski definition) is 4. The van der Waals surface area contributed by atoms with Crippen LogP contribution in [-0.4, -0.2) is 36.3 Å². The van der Waals surface area contributed by atoms with Crippen LogP contribution in [0.5, 0.6) is 0 Å². The van der Waals surface area contributed by atoms with Crippen LogP contribution in [-0.2, 0) is 6.54 Å². The highest BCUT2D eigenvalue weighted by molar-refractivity contribution is 5.48. The quantitative estimate of drug-likeness (QED) is 0.769. The molecule has 1 heterocycles. The molecule has 0 aliphatic heterocycles. The third-order valence-electron chi connectivity index (χ3n) is 3.58. The normalized spacial score (nSPS) is 15.4. The fraction of sp³-hybridized carbons (Fsp3) is 0.643. The van der Waals surface area contributed by atoms with E-state index in [4.69, 9.17) is 5.11 Å². The molecule has 1 fully saturated rings. The average molecular weight is 249 g/mol. The third-order valence-corrected chi connectivity index (χ3v) is 3.58. The summed E-state index contributed by atoms with van der Waals surface area (Å²) in [7, 11) is 1.96. The highest BCUT2D eigenvalue weighted by Crippen LogP contribution is 2.30. The molecule has 0 saturated heterocycles. The number of rotatable bonds is 7. The van der Waals surface area contributed by atoms with Gasteiger partial charge in [0.2, 0.25) is 0 Å². The molecule has 18 heavy (non-hydrogen) atoms. The van der Waals surface area contributed by atoms with Crippen LogP contribution in [0.15, 0.2) is 18.3 Å². The van der Waals surface area contributed by atoms with Crippen molar-refractivity contribution in [1.82, 2.24) is 10.3 Å². The Bertz CT molecular complexity index is 366. The molecular formula is C14H23N3O. The molecule has 1 aliphatic rings. The lowest BCUT2D eigenvalue weighted by Crippen LogP contribution is -2.42. The Kier molecular flexibility index (Phi) is 4.96. The minimum absolute atomic E-state index is 0.247. The van der Waals surface area contributed by atoms with Crippen molar-refractivity contribution in [2.75, 3.05) is 25.1 Å². The number of aliphatic hydroxyl groups is 1. The van der Waals surface area contributed by atoms with Gasteiger partial charge in [-0.1, -0.05) is 6.07 Å². The minimum atomic E-state index is 0.247. The Morgan fingerprint density at radius 3 is 2.94 bits per heavy atom. The van der Waals surface area contributed by atoms with Crippen LogP contribution in [0.25, 0.3) is 0 Å². The molecule has 1 aromatic heterocycles. The number of nitrogens with one attached hydrogen (secondary N) is 1. The van der Waals surface area contributed by atoms with E-state index in [-0.39, 0.29) is 6.61 Å². The topological polar surface area (TPSA) is 48.4 Å². The highest BCUT2D eigenvalue weighted by Gasteiger charge is 2.26. The summed E-state index contributed by atoms with van der Waals surface area (Å²) in [5.74, 6) is 1.09. The fourth-order valence-corrected chi connectivity index (χ4v) is 2.42. The second-order valence-corrected chi connectivity index (χ2v) is 4.87. The summed E-state index contributed by atoms with van der Waals surface area (Å²) < 4.78 is 0. The van der Waals surface area contributed by atoms with Gasteiger partial charge in [-0.3, -0.25) is 0 Å². The summed E-state index contributed by atoms with van der Waals surface area (Å²) in [5, 5.41) is 12.2. The largest absolute Gasteiger partial charge is 0.396 e. The molecule has 4 heteroatoms. The molecule has 1 aromatic rings. The standard InChI is InChI=1S/C14H23N3O/c1-15-11-12-5-3-8-16-14(12)17(9-4-10-18)13-6-2-7-13/h3,5,8,13,15,18H,2,4,6-7,9-11H2,1H3. The molecule has 100 valence electrons. The van der Waals surface area contributed by atoms with E-state index < -0.39 is 0 Å². The van der Waals surface area contributed by atoms with E-state index in [1.165, 1.54) is 24.8 Å². The SMILES string of the molecule is CNCc1cccnc1N(CCCO)C1CCC1. The van der Waals surface area contributed by atoms with E-state index in [1.54, 1.807) is 0 Å². The van der Waals surface area contributed by atoms with Crippen LogP contribution < -0.4 is 10.2 Å². The predicted octanol–water partition coefficient (Wildman–Crippen LogP) is 1.54. The molecule has 2 rings (SSSR count). The first kappa shape index (κ1) is 13.3. The highest BCUT2D eigenvalue weighted by atomic mass is 16.3. The zero-order chi connectivity index (χ0) is 12.8. The number of aliphatic hydroxyl groups excluding tert-OH is 1. The Morgan fingerprint density at radius 2 is 2.33 bits per heavy atom. The van der Waals surface area contributed by atoms with Gasteiger partial charge in [0.25, 0.3) is 0 Å². The average Bonchev–Trinajstić information content (AvgIpc) is 2.33. The predicted molar refractivity (Wildman–Crippen MR) is 73.7 cm³/mol. The summed E-state index contributed by atoms with van der Waals surface area (Å²) in [6.45, 7) is 1.98. The van der Waals surface area contributed by atoms with Crippen molar-refractivity contribution >= 4 is 5.82 Å². The van der Waals surface area contributed by atoms with Crippen LogP contribution in [0, 0.1) is 0 Å². The van der Waals surface area contributed by atoms with Gasteiger partial charge in [0.1, 0.15) is 5.82 Å². The Labute approximate surface area is 109 Å². The zero-order valence-corrected chi connectivity index (χ0v) is 11.1. The van der Waals surface area contributed by atoms with E-state index in [0.29, 0.717) is 6.04 Å². The second-order valence-electron chi connectivity index (χ2n) is 4.87. The van der Waals surface area contributed by atoms with Crippen molar-refractivity contribution in [1.29, 1.82) is 0 Å². The molecule has 0 unspecified atom stereocenters. The smallest absolute Gasteiger partial charge is 0.133 e. The number of hydrogen-bond donors (Lipinski definition) is 2. The molecule has 0 spiro atoms. The van der Waals surface area contributed by atoms with Crippen LogP contribution >= 0.6 is 0 Å².